The molecule has 0 aliphatic carbocycles. The third kappa shape index (κ3) is 6.34. The molecule has 0 radical (unpaired) electrons. The van der Waals surface area contributed by atoms with Gasteiger partial charge in [-0.15, -0.1) is 11.3 Å². The van der Waals surface area contributed by atoms with Gasteiger partial charge in [0.25, 0.3) is 0 Å². The third-order valence-corrected chi connectivity index (χ3v) is 15.9. The molecule has 3 aromatic heterocycles. The topological polar surface area (TPSA) is 30.4 Å². The molecule has 0 spiro atoms. The molecule has 3 unspecified atom stereocenters. The van der Waals surface area contributed by atoms with Crippen LogP contribution in [-0.2, 0) is 0 Å². The fraction of sp³-hybridized carbons (Fsp3) is 0.145. The number of benzene rings is 9. The van der Waals surface area contributed by atoms with Gasteiger partial charge in [-0.25, -0.2) is 0 Å². The lowest BCUT2D eigenvalue weighted by molar-refractivity contribution is 0.312. The largest absolute Gasteiger partial charge is 0.456 e. The molecule has 9 aromatic carbocycles. The summed E-state index contributed by atoms with van der Waals surface area (Å²) in [5.74, 6) is 0.778. The molecule has 4 heteroatoms. The zero-order valence-corrected chi connectivity index (χ0v) is 37.9. The maximum absolute atomic E-state index is 6.89. The van der Waals surface area contributed by atoms with E-state index in [2.05, 4.69) is 213 Å². The number of thiophene rings is 1. The van der Waals surface area contributed by atoms with Gasteiger partial charge >= 0.3 is 0 Å². The number of aliphatic imine (C=N–C) groups is 1. The molecular formula is C62H48N2OS. The molecule has 66 heavy (non-hydrogen) atoms. The normalized spacial score (nSPS) is 18.2. The van der Waals surface area contributed by atoms with Crippen LogP contribution in [0.2, 0.25) is 0 Å². The van der Waals surface area contributed by atoms with Gasteiger partial charge in [0.15, 0.2) is 0 Å². The highest BCUT2D eigenvalue weighted by Crippen LogP contribution is 2.48. The molecule has 12 aromatic rings. The van der Waals surface area contributed by atoms with Crippen LogP contribution in [0.3, 0.4) is 0 Å². The average Bonchev–Trinajstić information content (AvgIpc) is 4.04. The van der Waals surface area contributed by atoms with E-state index in [9.17, 15) is 0 Å². The molecule has 13 rings (SSSR count). The molecule has 1 aliphatic rings. The van der Waals surface area contributed by atoms with Crippen LogP contribution in [0.5, 0.6) is 0 Å². The lowest BCUT2D eigenvalue weighted by Gasteiger charge is -2.36. The van der Waals surface area contributed by atoms with E-state index in [1.165, 1.54) is 80.6 Å². The van der Waals surface area contributed by atoms with Gasteiger partial charge in [-0.2, -0.15) is 0 Å². The summed E-state index contributed by atoms with van der Waals surface area (Å²) in [7, 11) is 0. The van der Waals surface area contributed by atoms with Crippen molar-refractivity contribution in [1.29, 1.82) is 0 Å². The fourth-order valence-electron chi connectivity index (χ4n) is 11.5. The molecule has 0 N–H and O–H groups in total. The Bertz CT molecular complexity index is 3850. The van der Waals surface area contributed by atoms with Gasteiger partial charge < -0.3 is 8.98 Å². The van der Waals surface area contributed by atoms with E-state index < -0.39 is 0 Å². The predicted octanol–water partition coefficient (Wildman–Crippen LogP) is 17.6. The third-order valence-electron chi connectivity index (χ3n) is 14.8. The van der Waals surface area contributed by atoms with Crippen LogP contribution in [0.4, 0.5) is 0 Å². The molecule has 1 aliphatic heterocycles. The monoisotopic (exact) mass is 868 g/mol. The number of aromatic nitrogens is 1. The molecule has 4 heterocycles. The Balaban J connectivity index is 1.05. The molecule has 0 saturated carbocycles. The second kappa shape index (κ2) is 15.7. The summed E-state index contributed by atoms with van der Waals surface area (Å²) in [5.41, 5.74) is 12.8. The number of fused-ring (bicyclic) bond motifs is 10. The summed E-state index contributed by atoms with van der Waals surface area (Å²) in [6.45, 7) is 4.80. The number of nitrogens with zero attached hydrogens (tertiary/aromatic N) is 2. The zero-order chi connectivity index (χ0) is 43.9. The Morgan fingerprint density at radius 2 is 1.23 bits per heavy atom. The number of hydrogen-bond donors (Lipinski definition) is 0. The molecule has 0 amide bonds. The van der Waals surface area contributed by atoms with E-state index in [4.69, 9.17) is 9.41 Å². The summed E-state index contributed by atoms with van der Waals surface area (Å²) >= 11 is 1.88. The highest BCUT2D eigenvalue weighted by molar-refractivity contribution is 7.25. The van der Waals surface area contributed by atoms with Crippen molar-refractivity contribution in [1.82, 2.24) is 4.57 Å². The lowest BCUT2D eigenvalue weighted by atomic mass is 9.72. The van der Waals surface area contributed by atoms with Gasteiger partial charge in [0.2, 0.25) is 0 Å². The first-order chi connectivity index (χ1) is 32.6. The Kier molecular flexibility index (Phi) is 9.32. The quantitative estimate of drug-likeness (QED) is 0.164. The number of para-hydroxylation sites is 2. The van der Waals surface area contributed by atoms with Crippen molar-refractivity contribution in [2.24, 2.45) is 16.8 Å². The minimum Gasteiger partial charge on any atom is -0.456 e. The Hall–Kier alpha value is -7.27. The van der Waals surface area contributed by atoms with Crippen molar-refractivity contribution in [3.05, 3.63) is 211 Å². The summed E-state index contributed by atoms with van der Waals surface area (Å²) in [4.78, 5) is 6.22. The van der Waals surface area contributed by atoms with Crippen molar-refractivity contribution in [2.45, 2.75) is 45.1 Å². The Morgan fingerprint density at radius 1 is 0.545 bits per heavy atom. The summed E-state index contributed by atoms with van der Waals surface area (Å²) in [5, 5.41) is 9.88. The van der Waals surface area contributed by atoms with E-state index in [1.54, 1.807) is 0 Å². The van der Waals surface area contributed by atoms with E-state index in [-0.39, 0.29) is 17.9 Å². The van der Waals surface area contributed by atoms with Gasteiger partial charge in [-0.3, -0.25) is 4.99 Å². The summed E-state index contributed by atoms with van der Waals surface area (Å²) in [6.07, 6.45) is 3.09. The van der Waals surface area contributed by atoms with Gasteiger partial charge in [0.05, 0.1) is 22.8 Å². The van der Waals surface area contributed by atoms with Crippen molar-refractivity contribution in [3.8, 4) is 16.8 Å². The van der Waals surface area contributed by atoms with Gasteiger partial charge in [0, 0.05) is 59.1 Å². The molecule has 0 saturated heterocycles. The van der Waals surface area contributed by atoms with Gasteiger partial charge in [-0.1, -0.05) is 160 Å². The molecule has 0 bridgehead atoms. The highest BCUT2D eigenvalue weighted by Gasteiger charge is 2.35. The van der Waals surface area contributed by atoms with Crippen LogP contribution in [0, 0.1) is 11.8 Å². The summed E-state index contributed by atoms with van der Waals surface area (Å²) < 4.78 is 12.0. The minimum absolute atomic E-state index is 0.0777. The van der Waals surface area contributed by atoms with Gasteiger partial charge in [-0.05, 0) is 112 Å². The lowest BCUT2D eigenvalue weighted by Crippen LogP contribution is -2.27. The number of rotatable bonds is 6. The molecular weight excluding hydrogens is 821 g/mol. The molecule has 318 valence electrons. The van der Waals surface area contributed by atoms with Crippen LogP contribution in [0.15, 0.2) is 204 Å². The van der Waals surface area contributed by atoms with Crippen molar-refractivity contribution in [2.75, 3.05) is 0 Å². The second-order valence-electron chi connectivity index (χ2n) is 18.5. The smallest absolute Gasteiger partial charge is 0.138 e. The van der Waals surface area contributed by atoms with Crippen molar-refractivity contribution >= 4 is 91.7 Å². The van der Waals surface area contributed by atoms with Crippen molar-refractivity contribution in [3.63, 3.8) is 0 Å². The van der Waals surface area contributed by atoms with E-state index in [1.807, 2.05) is 11.3 Å². The van der Waals surface area contributed by atoms with E-state index >= 15 is 0 Å². The van der Waals surface area contributed by atoms with Crippen LogP contribution in [0.1, 0.15) is 61.8 Å². The second-order valence-corrected chi connectivity index (χ2v) is 19.6. The highest BCUT2D eigenvalue weighted by atomic mass is 32.1. The maximum atomic E-state index is 6.89. The zero-order valence-electron chi connectivity index (χ0n) is 37.1. The first kappa shape index (κ1) is 39.1. The van der Waals surface area contributed by atoms with Gasteiger partial charge in [0.1, 0.15) is 11.2 Å². The maximum Gasteiger partial charge on any atom is 0.138 e. The van der Waals surface area contributed by atoms with Crippen LogP contribution in [-0.4, -0.2) is 10.3 Å². The van der Waals surface area contributed by atoms with E-state index in [0.717, 1.165) is 52.6 Å². The van der Waals surface area contributed by atoms with Crippen LogP contribution >= 0.6 is 11.3 Å². The van der Waals surface area contributed by atoms with Crippen molar-refractivity contribution < 1.29 is 4.42 Å². The molecule has 0 fully saturated rings. The van der Waals surface area contributed by atoms with Crippen LogP contribution < -0.4 is 0 Å². The minimum atomic E-state index is -0.0777. The first-order valence-corrected chi connectivity index (χ1v) is 24.4. The number of furan rings is 1. The first-order valence-electron chi connectivity index (χ1n) is 23.6. The molecule has 4 atom stereocenters. The Morgan fingerprint density at radius 3 is 2.06 bits per heavy atom. The Labute approximate surface area is 388 Å². The fourth-order valence-corrected chi connectivity index (χ4v) is 12.6. The number of hydrogen-bond acceptors (Lipinski definition) is 3. The summed E-state index contributed by atoms with van der Waals surface area (Å²) in [6, 6.07) is 71.8. The standard InChI is InChI=1S/C62H48N2OS/c1-3-46-47(41-28-26-40(27-29-41)39-15-5-4-6-16-39)31-25-38(2)61(63-62(46)44-30-32-59-52(34-44)49-20-11-14-24-58(49)66-59)53-36-45(37-57-60(53)50-21-10-13-23-56(50)65-57)64-54-22-12-9-19-48(54)51-33-42-17-7-8-18-43(42)35-55(51)64/h4-24,26-30,32-38,46-47,62H,3,25,31H2,1-2H3/t38-,46?,47?,62?/m1/s1. The average molecular weight is 869 g/mol. The predicted molar refractivity (Wildman–Crippen MR) is 281 cm³/mol. The molecule has 3 nitrogen and oxygen atoms in total. The van der Waals surface area contributed by atoms with Crippen LogP contribution in [0.25, 0.3) is 91.5 Å². The SMILES string of the molecule is CCC1C(c2ccc(-c3ccccc3)cc2)CC[C@@H](C)C(c2cc(-n3c4ccccc4c4cc5ccccc5cc43)cc3oc4ccccc4c23)=NC1c1ccc2sc3ccccc3c2c1. The van der Waals surface area contributed by atoms with E-state index in [0.29, 0.717) is 5.92 Å².